The van der Waals surface area contributed by atoms with Crippen LogP contribution in [0.25, 0.3) is 22.5 Å². The third kappa shape index (κ3) is 5.18. The predicted octanol–water partition coefficient (Wildman–Crippen LogP) is 6.00. The van der Waals surface area contributed by atoms with E-state index in [-0.39, 0.29) is 6.61 Å². The third-order valence-electron chi connectivity index (χ3n) is 6.26. The summed E-state index contributed by atoms with van der Waals surface area (Å²) in [5, 5.41) is 9.83. The number of aliphatic carboxylic acids is 1. The van der Waals surface area contributed by atoms with Gasteiger partial charge in [-0.15, -0.1) is 0 Å². The number of unbranched alkanes of at least 4 members (excludes halogenated alkanes) is 3. The van der Waals surface area contributed by atoms with E-state index in [0.717, 1.165) is 23.1 Å². The number of ether oxygens (including phenoxy) is 2. The first-order valence-electron chi connectivity index (χ1n) is 11.9. The van der Waals surface area contributed by atoms with Gasteiger partial charge in [-0.25, -0.2) is 14.8 Å². The highest BCUT2D eigenvalue weighted by atomic mass is 16.8. The Balaban J connectivity index is 1.45. The molecular formula is C28H32N2O4. The molecule has 0 amide bonds. The molecule has 1 N–H and O–H groups in total. The van der Waals surface area contributed by atoms with Gasteiger partial charge in [-0.1, -0.05) is 74.7 Å². The molecule has 178 valence electrons. The van der Waals surface area contributed by atoms with Crippen molar-refractivity contribution in [3.63, 3.8) is 0 Å². The van der Waals surface area contributed by atoms with E-state index in [9.17, 15) is 9.90 Å². The van der Waals surface area contributed by atoms with Crippen LogP contribution in [0.3, 0.4) is 0 Å². The Kier molecular flexibility index (Phi) is 7.10. The van der Waals surface area contributed by atoms with Gasteiger partial charge in [-0.3, -0.25) is 0 Å². The third-order valence-corrected chi connectivity index (χ3v) is 6.26. The summed E-state index contributed by atoms with van der Waals surface area (Å²) < 4.78 is 11.3. The van der Waals surface area contributed by atoms with E-state index in [0.29, 0.717) is 11.4 Å². The van der Waals surface area contributed by atoms with Crippen molar-refractivity contribution < 1.29 is 19.4 Å². The van der Waals surface area contributed by atoms with E-state index in [1.165, 1.54) is 31.2 Å². The molecular weight excluding hydrogens is 428 g/mol. The molecule has 2 heterocycles. The Hall–Kier alpha value is -3.09. The fraction of sp³-hybridized carbons (Fsp3) is 0.393. The van der Waals surface area contributed by atoms with Crippen LogP contribution in [0, 0.1) is 0 Å². The first kappa shape index (κ1) is 24.0. The smallest absolute Gasteiger partial charge is 0.343 e. The van der Waals surface area contributed by atoms with Gasteiger partial charge in [0, 0.05) is 23.5 Å². The van der Waals surface area contributed by atoms with Crippen LogP contribution < -0.4 is 0 Å². The van der Waals surface area contributed by atoms with E-state index in [4.69, 9.17) is 9.47 Å². The van der Waals surface area contributed by atoms with E-state index in [2.05, 4.69) is 41.2 Å². The molecule has 1 aliphatic rings. The molecule has 1 atom stereocenters. The molecule has 0 spiro atoms. The highest BCUT2D eigenvalue weighted by Crippen LogP contribution is 2.39. The van der Waals surface area contributed by atoms with Crippen LogP contribution in [0.1, 0.15) is 57.6 Å². The van der Waals surface area contributed by atoms with Gasteiger partial charge >= 0.3 is 5.97 Å². The Bertz CT molecular complexity index is 1110. The van der Waals surface area contributed by atoms with Crippen LogP contribution in [0.5, 0.6) is 0 Å². The lowest BCUT2D eigenvalue weighted by atomic mass is 9.93. The normalized spacial score (nSPS) is 19.3. The Labute approximate surface area is 201 Å². The maximum atomic E-state index is 12.0. The predicted molar refractivity (Wildman–Crippen MR) is 131 cm³/mol. The summed E-state index contributed by atoms with van der Waals surface area (Å²) in [5.74, 6) is -1.45. The van der Waals surface area contributed by atoms with Crippen molar-refractivity contribution in [2.45, 2.75) is 64.3 Å². The molecule has 1 aliphatic heterocycles. The lowest BCUT2D eigenvalue weighted by molar-refractivity contribution is -0.187. The molecule has 1 saturated heterocycles. The number of carbonyl (C=O) groups is 1. The maximum Gasteiger partial charge on any atom is 0.343 e. The fourth-order valence-electron chi connectivity index (χ4n) is 4.26. The first-order chi connectivity index (χ1) is 16.3. The summed E-state index contributed by atoms with van der Waals surface area (Å²) in [6, 6.07) is 15.7. The van der Waals surface area contributed by atoms with Gasteiger partial charge in [0.15, 0.2) is 11.6 Å². The molecule has 0 radical (unpaired) electrons. The number of rotatable bonds is 9. The number of carboxylic acid groups (broad SMARTS) is 1. The second-order valence-electron chi connectivity index (χ2n) is 9.30. The monoisotopic (exact) mass is 460 g/mol. The Morgan fingerprint density at radius 3 is 2.12 bits per heavy atom. The van der Waals surface area contributed by atoms with E-state index >= 15 is 0 Å². The van der Waals surface area contributed by atoms with Crippen LogP contribution in [-0.2, 0) is 26.3 Å². The lowest BCUT2D eigenvalue weighted by Gasteiger charge is -2.25. The average Bonchev–Trinajstić information content (AvgIpc) is 3.19. The molecule has 4 rings (SSSR count). The van der Waals surface area contributed by atoms with Gasteiger partial charge in [-0.2, -0.15) is 0 Å². The lowest BCUT2D eigenvalue weighted by Crippen LogP contribution is -2.39. The zero-order chi connectivity index (χ0) is 24.2. The number of carboxylic acids is 1. The molecule has 3 aromatic rings. The SMILES string of the molecule is CCCCCCc1ccc(-c2cnc(-c3ccc([C@]4(C(=O)O)COC(C)(C)O4)cc3)nc2)cc1. The molecule has 6 heteroatoms. The average molecular weight is 461 g/mol. The second kappa shape index (κ2) is 10.0. The maximum absolute atomic E-state index is 12.0. The second-order valence-corrected chi connectivity index (χ2v) is 9.30. The van der Waals surface area contributed by atoms with Crippen molar-refractivity contribution in [2.24, 2.45) is 0 Å². The van der Waals surface area contributed by atoms with Gasteiger partial charge in [0.05, 0.1) is 6.61 Å². The van der Waals surface area contributed by atoms with Gasteiger partial charge in [0.1, 0.15) is 0 Å². The number of hydrogen-bond donors (Lipinski definition) is 1. The number of benzene rings is 2. The van der Waals surface area contributed by atoms with Crippen molar-refractivity contribution in [3.05, 3.63) is 72.1 Å². The standard InChI is InChI=1S/C28H32N2O4/c1-4-5-6-7-8-20-9-11-21(12-10-20)23-17-29-25(30-18-23)22-13-15-24(16-14-22)28(26(31)32)19-33-27(2,3)34-28/h9-18H,4-8,19H2,1-3H3,(H,31,32)/t28-/m0/s1. The molecule has 1 fully saturated rings. The quantitative estimate of drug-likeness (QED) is 0.395. The summed E-state index contributed by atoms with van der Waals surface area (Å²) in [5.41, 5.74) is 3.22. The summed E-state index contributed by atoms with van der Waals surface area (Å²) in [7, 11) is 0. The van der Waals surface area contributed by atoms with Gasteiger partial charge in [0.25, 0.3) is 0 Å². The minimum absolute atomic E-state index is 0.0442. The Morgan fingerprint density at radius 2 is 1.56 bits per heavy atom. The van der Waals surface area contributed by atoms with Crippen molar-refractivity contribution in [1.29, 1.82) is 0 Å². The molecule has 0 aliphatic carbocycles. The molecule has 1 aromatic heterocycles. The summed E-state index contributed by atoms with van der Waals surface area (Å²) in [6.07, 6.45) is 9.82. The number of aromatic nitrogens is 2. The fourth-order valence-corrected chi connectivity index (χ4v) is 4.26. The molecule has 6 nitrogen and oxygen atoms in total. The van der Waals surface area contributed by atoms with Gasteiger partial charge < -0.3 is 14.6 Å². The highest BCUT2D eigenvalue weighted by Gasteiger charge is 2.52. The van der Waals surface area contributed by atoms with Crippen LogP contribution in [0.4, 0.5) is 0 Å². The van der Waals surface area contributed by atoms with Crippen LogP contribution in [0.15, 0.2) is 60.9 Å². The number of nitrogens with zero attached hydrogens (tertiary/aromatic N) is 2. The first-order valence-corrected chi connectivity index (χ1v) is 11.9. The van der Waals surface area contributed by atoms with E-state index in [1.54, 1.807) is 26.0 Å². The van der Waals surface area contributed by atoms with Crippen LogP contribution in [0.2, 0.25) is 0 Å². The summed E-state index contributed by atoms with van der Waals surface area (Å²) >= 11 is 0. The Morgan fingerprint density at radius 1 is 0.912 bits per heavy atom. The van der Waals surface area contributed by atoms with Crippen molar-refractivity contribution in [2.75, 3.05) is 6.61 Å². The van der Waals surface area contributed by atoms with Crippen LogP contribution >= 0.6 is 0 Å². The number of aryl methyl sites for hydroxylation is 1. The van der Waals surface area contributed by atoms with E-state index in [1.807, 2.05) is 24.5 Å². The minimum Gasteiger partial charge on any atom is -0.479 e. The summed E-state index contributed by atoms with van der Waals surface area (Å²) in [6.45, 7) is 5.61. The zero-order valence-electron chi connectivity index (χ0n) is 20.1. The van der Waals surface area contributed by atoms with Crippen molar-refractivity contribution in [1.82, 2.24) is 9.97 Å². The van der Waals surface area contributed by atoms with Crippen molar-refractivity contribution in [3.8, 4) is 22.5 Å². The molecule has 34 heavy (non-hydrogen) atoms. The van der Waals surface area contributed by atoms with E-state index < -0.39 is 17.4 Å². The molecule has 0 bridgehead atoms. The summed E-state index contributed by atoms with van der Waals surface area (Å²) in [4.78, 5) is 21.1. The van der Waals surface area contributed by atoms with Crippen molar-refractivity contribution >= 4 is 5.97 Å². The van der Waals surface area contributed by atoms with Crippen LogP contribution in [-0.4, -0.2) is 33.4 Å². The molecule has 0 saturated carbocycles. The zero-order valence-corrected chi connectivity index (χ0v) is 20.1. The molecule has 2 aromatic carbocycles. The van der Waals surface area contributed by atoms with Gasteiger partial charge in [-0.05, 0) is 43.4 Å². The minimum atomic E-state index is -1.52. The molecule has 0 unspecified atom stereocenters. The largest absolute Gasteiger partial charge is 0.479 e. The topological polar surface area (TPSA) is 81.5 Å². The highest BCUT2D eigenvalue weighted by molar-refractivity contribution is 5.80. The van der Waals surface area contributed by atoms with Gasteiger partial charge in [0.2, 0.25) is 5.60 Å². The number of hydrogen-bond acceptors (Lipinski definition) is 5.